The molecule has 0 aromatic carbocycles. The minimum Gasteiger partial charge on any atom is -0.379 e. The lowest BCUT2D eigenvalue weighted by Gasteiger charge is -2.29. The maximum Gasteiger partial charge on any atom is 0.221 e. The SMILES string of the molecule is CC(C)CNC(=O)CCN(CCN1CCOCC1)S(C)(=O)=O. The van der Waals surface area contributed by atoms with Gasteiger partial charge >= 0.3 is 0 Å². The van der Waals surface area contributed by atoms with Gasteiger partial charge in [0.1, 0.15) is 0 Å². The van der Waals surface area contributed by atoms with E-state index in [-0.39, 0.29) is 18.9 Å². The fourth-order valence-electron chi connectivity index (χ4n) is 2.15. The summed E-state index contributed by atoms with van der Waals surface area (Å²) in [7, 11) is -3.30. The Bertz CT molecular complexity index is 433. The second-order valence-corrected chi connectivity index (χ2v) is 8.05. The predicted octanol–water partition coefficient (Wildman–Crippen LogP) is -0.257. The summed E-state index contributed by atoms with van der Waals surface area (Å²) in [6.45, 7) is 9.00. The van der Waals surface area contributed by atoms with Gasteiger partial charge < -0.3 is 10.1 Å². The third kappa shape index (κ3) is 8.07. The molecule has 1 N–H and O–H groups in total. The molecule has 1 fully saturated rings. The molecule has 0 atom stereocenters. The van der Waals surface area contributed by atoms with E-state index in [4.69, 9.17) is 4.74 Å². The summed E-state index contributed by atoms with van der Waals surface area (Å²) in [5, 5.41) is 2.81. The smallest absolute Gasteiger partial charge is 0.221 e. The second-order valence-electron chi connectivity index (χ2n) is 6.06. The summed E-state index contributed by atoms with van der Waals surface area (Å²) in [6, 6.07) is 0. The van der Waals surface area contributed by atoms with E-state index in [9.17, 15) is 13.2 Å². The molecule has 0 radical (unpaired) electrons. The standard InChI is InChI=1S/C14H29N3O4S/c1-13(2)12-15-14(18)4-5-17(22(3,19)20)7-6-16-8-10-21-11-9-16/h13H,4-12H2,1-3H3,(H,15,18). The highest BCUT2D eigenvalue weighted by atomic mass is 32.2. The first-order valence-corrected chi connectivity index (χ1v) is 9.66. The molecule has 0 spiro atoms. The Morgan fingerprint density at radius 1 is 1.27 bits per heavy atom. The van der Waals surface area contributed by atoms with E-state index >= 15 is 0 Å². The van der Waals surface area contributed by atoms with Crippen LogP contribution in [0, 0.1) is 5.92 Å². The molecule has 1 saturated heterocycles. The summed E-state index contributed by atoms with van der Waals surface area (Å²) in [5.74, 6) is 0.282. The van der Waals surface area contributed by atoms with Gasteiger partial charge in [0.05, 0.1) is 19.5 Å². The number of hydrogen-bond donors (Lipinski definition) is 1. The van der Waals surface area contributed by atoms with Crippen molar-refractivity contribution in [2.24, 2.45) is 5.92 Å². The van der Waals surface area contributed by atoms with Crippen LogP contribution in [0.1, 0.15) is 20.3 Å². The molecule has 0 aliphatic carbocycles. The fourth-order valence-corrected chi connectivity index (χ4v) is 2.99. The zero-order valence-corrected chi connectivity index (χ0v) is 14.7. The van der Waals surface area contributed by atoms with Crippen molar-refractivity contribution in [1.82, 2.24) is 14.5 Å². The fraction of sp³-hybridized carbons (Fsp3) is 0.929. The van der Waals surface area contributed by atoms with Crippen molar-refractivity contribution in [1.29, 1.82) is 0 Å². The highest BCUT2D eigenvalue weighted by molar-refractivity contribution is 7.88. The average molecular weight is 335 g/mol. The van der Waals surface area contributed by atoms with Gasteiger partial charge in [-0.3, -0.25) is 9.69 Å². The zero-order chi connectivity index (χ0) is 16.6. The number of nitrogens with zero attached hydrogens (tertiary/aromatic N) is 2. The Hall–Kier alpha value is -0.700. The largest absolute Gasteiger partial charge is 0.379 e. The lowest BCUT2D eigenvalue weighted by atomic mass is 10.2. The van der Waals surface area contributed by atoms with Gasteiger partial charge in [0.25, 0.3) is 0 Å². The molecule has 0 aromatic heterocycles. The molecule has 8 heteroatoms. The van der Waals surface area contributed by atoms with Gasteiger partial charge in [-0.1, -0.05) is 13.8 Å². The normalized spacial score (nSPS) is 17.1. The predicted molar refractivity (Wildman–Crippen MR) is 86.1 cm³/mol. The molecule has 7 nitrogen and oxygen atoms in total. The van der Waals surface area contributed by atoms with Crippen LogP contribution in [0.4, 0.5) is 0 Å². The van der Waals surface area contributed by atoms with E-state index in [1.54, 1.807) is 0 Å². The molecule has 1 rings (SSSR count). The van der Waals surface area contributed by atoms with Gasteiger partial charge in [-0.2, -0.15) is 0 Å². The van der Waals surface area contributed by atoms with Crippen LogP contribution in [0.2, 0.25) is 0 Å². The summed E-state index contributed by atoms with van der Waals surface area (Å²) < 4.78 is 30.3. The minimum atomic E-state index is -3.30. The molecular weight excluding hydrogens is 306 g/mol. The van der Waals surface area contributed by atoms with Gasteiger partial charge in [-0.15, -0.1) is 0 Å². The molecule has 1 amide bonds. The molecule has 1 aliphatic rings. The molecule has 1 heterocycles. The van der Waals surface area contributed by atoms with Gasteiger partial charge in [0.2, 0.25) is 15.9 Å². The molecular formula is C14H29N3O4S. The molecule has 0 saturated carbocycles. The Labute approximate surface area is 134 Å². The Morgan fingerprint density at radius 2 is 1.91 bits per heavy atom. The van der Waals surface area contributed by atoms with E-state index in [1.807, 2.05) is 13.8 Å². The zero-order valence-electron chi connectivity index (χ0n) is 13.9. The van der Waals surface area contributed by atoms with Crippen LogP contribution in [0.5, 0.6) is 0 Å². The number of morpholine rings is 1. The number of carbonyl (C=O) groups is 1. The lowest BCUT2D eigenvalue weighted by molar-refractivity contribution is -0.121. The molecule has 1 aliphatic heterocycles. The minimum absolute atomic E-state index is 0.103. The highest BCUT2D eigenvalue weighted by Crippen LogP contribution is 2.03. The maximum absolute atomic E-state index is 11.8. The molecule has 0 bridgehead atoms. The maximum atomic E-state index is 11.8. The first-order chi connectivity index (χ1) is 10.3. The summed E-state index contributed by atoms with van der Waals surface area (Å²) in [6.07, 6.45) is 1.39. The van der Waals surface area contributed by atoms with Gasteiger partial charge in [-0.05, 0) is 5.92 Å². The van der Waals surface area contributed by atoms with E-state index < -0.39 is 10.0 Å². The van der Waals surface area contributed by atoms with Crippen molar-refractivity contribution >= 4 is 15.9 Å². The van der Waals surface area contributed by atoms with Crippen LogP contribution in [-0.4, -0.2) is 82.3 Å². The number of sulfonamides is 1. The van der Waals surface area contributed by atoms with E-state index in [0.717, 1.165) is 13.1 Å². The van der Waals surface area contributed by atoms with Crippen LogP contribution < -0.4 is 5.32 Å². The van der Waals surface area contributed by atoms with E-state index in [1.165, 1.54) is 10.6 Å². The monoisotopic (exact) mass is 335 g/mol. The molecule has 0 aromatic rings. The number of hydrogen-bond acceptors (Lipinski definition) is 5. The van der Waals surface area contributed by atoms with Crippen molar-refractivity contribution in [2.45, 2.75) is 20.3 Å². The lowest BCUT2D eigenvalue weighted by Crippen LogP contribution is -2.43. The van der Waals surface area contributed by atoms with Gasteiger partial charge in [-0.25, -0.2) is 12.7 Å². The van der Waals surface area contributed by atoms with Crippen molar-refractivity contribution in [3.05, 3.63) is 0 Å². The van der Waals surface area contributed by atoms with Crippen molar-refractivity contribution < 1.29 is 17.9 Å². The van der Waals surface area contributed by atoms with Crippen molar-refractivity contribution in [3.8, 4) is 0 Å². The Morgan fingerprint density at radius 3 is 2.45 bits per heavy atom. The van der Waals surface area contributed by atoms with Crippen LogP contribution in [0.25, 0.3) is 0 Å². The van der Waals surface area contributed by atoms with Gasteiger partial charge in [0, 0.05) is 45.7 Å². The van der Waals surface area contributed by atoms with E-state index in [0.29, 0.717) is 38.8 Å². The third-order valence-corrected chi connectivity index (χ3v) is 4.84. The molecule has 22 heavy (non-hydrogen) atoms. The summed E-state index contributed by atoms with van der Waals surface area (Å²) in [4.78, 5) is 13.9. The molecule has 0 unspecified atom stereocenters. The quantitative estimate of drug-likeness (QED) is 0.628. The first kappa shape index (κ1) is 19.3. The van der Waals surface area contributed by atoms with E-state index in [2.05, 4.69) is 10.2 Å². The Kier molecular flexibility index (Phi) is 8.30. The number of amides is 1. The number of ether oxygens (including phenoxy) is 1. The number of nitrogens with one attached hydrogen (secondary N) is 1. The van der Waals surface area contributed by atoms with Crippen LogP contribution in [-0.2, 0) is 19.6 Å². The first-order valence-electron chi connectivity index (χ1n) is 7.81. The van der Waals surface area contributed by atoms with Crippen molar-refractivity contribution in [3.63, 3.8) is 0 Å². The van der Waals surface area contributed by atoms with Crippen LogP contribution in [0.3, 0.4) is 0 Å². The average Bonchev–Trinajstić information content (AvgIpc) is 2.44. The van der Waals surface area contributed by atoms with Crippen LogP contribution >= 0.6 is 0 Å². The Balaban J connectivity index is 2.39. The number of rotatable bonds is 9. The summed E-state index contributed by atoms with van der Waals surface area (Å²) in [5.41, 5.74) is 0. The topological polar surface area (TPSA) is 79.0 Å². The second kappa shape index (κ2) is 9.44. The summed E-state index contributed by atoms with van der Waals surface area (Å²) >= 11 is 0. The van der Waals surface area contributed by atoms with Crippen molar-refractivity contribution in [2.75, 3.05) is 58.7 Å². The van der Waals surface area contributed by atoms with Gasteiger partial charge in [0.15, 0.2) is 0 Å². The van der Waals surface area contributed by atoms with Crippen LogP contribution in [0.15, 0.2) is 0 Å². The third-order valence-electron chi connectivity index (χ3n) is 3.53. The molecule has 130 valence electrons. The highest BCUT2D eigenvalue weighted by Gasteiger charge is 2.19. The number of carbonyl (C=O) groups excluding carboxylic acids is 1.